The quantitative estimate of drug-likeness (QED) is 0.726. The largest absolute Gasteiger partial charge is 0.364 e. The van der Waals surface area contributed by atoms with Crippen LogP contribution in [-0.2, 0) is 0 Å². The van der Waals surface area contributed by atoms with Crippen LogP contribution in [0.2, 0.25) is 0 Å². The number of nitrogens with zero attached hydrogens (tertiary/aromatic N) is 1. The molecular weight excluding hydrogens is 196 g/mol. The number of carbonyl (C=O) groups excluding carboxylic acids is 1. The third-order valence-corrected chi connectivity index (χ3v) is 1.53. The topological polar surface area (TPSA) is 56.0 Å². The van der Waals surface area contributed by atoms with E-state index in [9.17, 15) is 4.79 Å². The number of hydrogen-bond donors (Lipinski definition) is 1. The van der Waals surface area contributed by atoms with Gasteiger partial charge in [-0.05, 0) is 22.0 Å². The molecule has 1 heterocycles. The summed E-state index contributed by atoms with van der Waals surface area (Å²) in [5, 5.41) is 0. The molecule has 2 N–H and O–H groups in total. The molecule has 10 heavy (non-hydrogen) atoms. The van der Waals surface area contributed by atoms with Crippen LogP contribution in [0.1, 0.15) is 10.5 Å². The van der Waals surface area contributed by atoms with Gasteiger partial charge < -0.3 is 5.73 Å². The van der Waals surface area contributed by atoms with E-state index in [1.54, 1.807) is 6.07 Å². The van der Waals surface area contributed by atoms with Crippen molar-refractivity contribution >= 4 is 21.8 Å². The molecule has 0 saturated carbocycles. The number of aromatic nitrogens is 1. The molecule has 0 fully saturated rings. The van der Waals surface area contributed by atoms with Crippen molar-refractivity contribution in [1.29, 1.82) is 0 Å². The average Bonchev–Trinajstić information content (AvgIpc) is 1.88. The Morgan fingerprint density at radius 1 is 1.80 bits per heavy atom. The third-order valence-electron chi connectivity index (χ3n) is 0.930. The molecule has 1 aromatic heterocycles. The molecule has 0 aromatic carbocycles. The standard InChI is InChI=1S/C6H4BrN2O/c7-4-2-1-3-9-5(4)6(8)10/h1,3H,(H2,8,10). The van der Waals surface area contributed by atoms with Crippen LogP contribution in [0.5, 0.6) is 0 Å². The predicted molar refractivity (Wildman–Crippen MR) is 39.3 cm³/mol. The summed E-state index contributed by atoms with van der Waals surface area (Å²) in [4.78, 5) is 14.3. The van der Waals surface area contributed by atoms with Gasteiger partial charge in [0.1, 0.15) is 5.69 Å². The van der Waals surface area contributed by atoms with Crippen molar-refractivity contribution in [3.8, 4) is 0 Å². The van der Waals surface area contributed by atoms with E-state index in [2.05, 4.69) is 27.0 Å². The summed E-state index contributed by atoms with van der Waals surface area (Å²) in [7, 11) is 0. The number of nitrogens with two attached hydrogens (primary N) is 1. The van der Waals surface area contributed by atoms with E-state index in [1.165, 1.54) is 6.20 Å². The van der Waals surface area contributed by atoms with Gasteiger partial charge in [0.15, 0.2) is 0 Å². The number of amides is 1. The van der Waals surface area contributed by atoms with Crippen LogP contribution in [-0.4, -0.2) is 10.9 Å². The fraction of sp³-hybridized carbons (Fsp3) is 0. The summed E-state index contributed by atoms with van der Waals surface area (Å²) >= 11 is 3.08. The van der Waals surface area contributed by atoms with Gasteiger partial charge in [-0.1, -0.05) is 0 Å². The van der Waals surface area contributed by atoms with Gasteiger partial charge in [0.25, 0.3) is 5.91 Å². The second-order valence-electron chi connectivity index (χ2n) is 1.62. The van der Waals surface area contributed by atoms with Gasteiger partial charge in [-0.2, -0.15) is 0 Å². The SMILES string of the molecule is NC(=O)c1ncc[c]c1Br. The second kappa shape index (κ2) is 2.79. The molecular formula is C6H4BrN2O. The molecule has 4 heteroatoms. The maximum atomic E-state index is 10.5. The minimum absolute atomic E-state index is 0.211. The minimum Gasteiger partial charge on any atom is -0.364 e. The Morgan fingerprint density at radius 2 is 2.50 bits per heavy atom. The van der Waals surface area contributed by atoms with Crippen LogP contribution in [0.25, 0.3) is 0 Å². The number of primary amides is 1. The summed E-state index contributed by atoms with van der Waals surface area (Å²) in [6, 6.07) is 4.33. The van der Waals surface area contributed by atoms with Crippen molar-refractivity contribution < 1.29 is 4.79 Å². The number of carbonyl (C=O) groups is 1. The lowest BCUT2D eigenvalue weighted by molar-refractivity contribution is 0.0995. The highest BCUT2D eigenvalue weighted by molar-refractivity contribution is 9.10. The fourth-order valence-corrected chi connectivity index (χ4v) is 0.949. The van der Waals surface area contributed by atoms with Gasteiger partial charge in [-0.15, -0.1) is 0 Å². The zero-order valence-corrected chi connectivity index (χ0v) is 6.55. The molecule has 0 atom stereocenters. The Morgan fingerprint density at radius 3 is 2.90 bits per heavy atom. The summed E-state index contributed by atoms with van der Waals surface area (Å²) in [5.41, 5.74) is 5.17. The number of rotatable bonds is 1. The smallest absolute Gasteiger partial charge is 0.268 e. The lowest BCUT2D eigenvalue weighted by atomic mass is 10.3. The van der Waals surface area contributed by atoms with Crippen LogP contribution in [0.15, 0.2) is 16.7 Å². The molecule has 0 unspecified atom stereocenters. The zero-order valence-electron chi connectivity index (χ0n) is 4.97. The second-order valence-corrected chi connectivity index (χ2v) is 2.41. The van der Waals surface area contributed by atoms with E-state index in [0.717, 1.165) is 0 Å². The molecule has 0 bridgehead atoms. The zero-order chi connectivity index (χ0) is 7.56. The van der Waals surface area contributed by atoms with Crippen LogP contribution in [0, 0.1) is 6.07 Å². The molecule has 51 valence electrons. The van der Waals surface area contributed by atoms with Crippen LogP contribution in [0.3, 0.4) is 0 Å². The number of halogens is 1. The first-order valence-electron chi connectivity index (χ1n) is 2.54. The van der Waals surface area contributed by atoms with Gasteiger partial charge in [0, 0.05) is 12.3 Å². The lowest BCUT2D eigenvalue weighted by Gasteiger charge is -1.94. The Labute approximate surface area is 66.4 Å². The molecule has 1 rings (SSSR count). The molecule has 0 aliphatic carbocycles. The first-order valence-corrected chi connectivity index (χ1v) is 3.33. The van der Waals surface area contributed by atoms with Crippen LogP contribution < -0.4 is 5.73 Å². The minimum atomic E-state index is -0.552. The lowest BCUT2D eigenvalue weighted by Crippen LogP contribution is -2.13. The van der Waals surface area contributed by atoms with Gasteiger partial charge in [-0.25, -0.2) is 4.98 Å². The molecule has 0 aliphatic rings. The van der Waals surface area contributed by atoms with Gasteiger partial charge >= 0.3 is 0 Å². The molecule has 0 spiro atoms. The average molecular weight is 200 g/mol. The van der Waals surface area contributed by atoms with Crippen LogP contribution >= 0.6 is 15.9 Å². The van der Waals surface area contributed by atoms with Gasteiger partial charge in [-0.3, -0.25) is 4.79 Å². The third kappa shape index (κ3) is 1.33. The van der Waals surface area contributed by atoms with E-state index in [0.29, 0.717) is 4.47 Å². The Balaban J connectivity index is 3.15. The van der Waals surface area contributed by atoms with E-state index >= 15 is 0 Å². The maximum Gasteiger partial charge on any atom is 0.268 e. The first kappa shape index (κ1) is 7.21. The van der Waals surface area contributed by atoms with E-state index in [1.807, 2.05) is 0 Å². The van der Waals surface area contributed by atoms with E-state index < -0.39 is 5.91 Å². The Bertz CT molecular complexity index is 262. The Kier molecular flexibility index (Phi) is 2.01. The summed E-state index contributed by atoms with van der Waals surface area (Å²) in [6.45, 7) is 0. The van der Waals surface area contributed by atoms with Crippen molar-refractivity contribution in [3.63, 3.8) is 0 Å². The molecule has 0 aliphatic heterocycles. The Hall–Kier alpha value is -0.900. The highest BCUT2D eigenvalue weighted by atomic mass is 79.9. The van der Waals surface area contributed by atoms with Crippen molar-refractivity contribution in [1.82, 2.24) is 4.98 Å². The summed E-state index contributed by atoms with van der Waals surface area (Å²) in [6.07, 6.45) is 1.46. The normalized spacial score (nSPS) is 9.30. The summed E-state index contributed by atoms with van der Waals surface area (Å²) in [5.74, 6) is -0.552. The molecule has 1 amide bonds. The van der Waals surface area contributed by atoms with Crippen molar-refractivity contribution in [3.05, 3.63) is 28.5 Å². The first-order chi connectivity index (χ1) is 4.72. The number of hydrogen-bond acceptors (Lipinski definition) is 2. The molecule has 0 saturated heterocycles. The van der Waals surface area contributed by atoms with Gasteiger partial charge in [0.05, 0.1) is 4.47 Å². The highest BCUT2D eigenvalue weighted by Crippen LogP contribution is 2.10. The van der Waals surface area contributed by atoms with Crippen LogP contribution in [0.4, 0.5) is 0 Å². The van der Waals surface area contributed by atoms with Crippen molar-refractivity contribution in [2.24, 2.45) is 5.73 Å². The molecule has 1 aromatic rings. The van der Waals surface area contributed by atoms with E-state index in [4.69, 9.17) is 5.73 Å². The van der Waals surface area contributed by atoms with Crippen molar-refractivity contribution in [2.45, 2.75) is 0 Å². The molecule has 3 nitrogen and oxygen atoms in total. The summed E-state index contributed by atoms with van der Waals surface area (Å²) < 4.78 is 0.502. The van der Waals surface area contributed by atoms with Gasteiger partial charge in [0.2, 0.25) is 0 Å². The van der Waals surface area contributed by atoms with E-state index in [-0.39, 0.29) is 5.69 Å². The maximum absolute atomic E-state index is 10.5. The van der Waals surface area contributed by atoms with Crippen molar-refractivity contribution in [2.75, 3.05) is 0 Å². The molecule has 1 radical (unpaired) electrons. The highest BCUT2D eigenvalue weighted by Gasteiger charge is 2.04. The monoisotopic (exact) mass is 199 g/mol. The predicted octanol–water partition coefficient (Wildman–Crippen LogP) is 0.743. The number of pyridine rings is 1. The fourth-order valence-electron chi connectivity index (χ4n) is 0.519.